The standard InChI is InChI=1S/C7H9N5/c1-4-11-5-6(8)9-3-10-7(5)12(4)2/h3H,1-2H3,(H2,8,9,10). The molecule has 2 N–H and O–H groups in total. The second-order valence-corrected chi connectivity index (χ2v) is 2.65. The molecule has 12 heavy (non-hydrogen) atoms. The predicted molar refractivity (Wildman–Crippen MR) is 45.5 cm³/mol. The van der Waals surface area contributed by atoms with Gasteiger partial charge >= 0.3 is 0 Å². The van der Waals surface area contributed by atoms with Crippen molar-refractivity contribution in [1.82, 2.24) is 19.5 Å². The number of aryl methyl sites for hydroxylation is 2. The molecule has 2 aromatic rings. The number of imidazole rings is 1. The quantitative estimate of drug-likeness (QED) is 0.604. The van der Waals surface area contributed by atoms with Gasteiger partial charge in [-0.3, -0.25) is 0 Å². The fourth-order valence-corrected chi connectivity index (χ4v) is 1.13. The van der Waals surface area contributed by atoms with Crippen molar-refractivity contribution in [3.8, 4) is 0 Å². The van der Waals surface area contributed by atoms with Crippen molar-refractivity contribution in [3.05, 3.63) is 12.2 Å². The molecule has 0 saturated heterocycles. The molecule has 2 rings (SSSR count). The Kier molecular flexibility index (Phi) is 1.27. The maximum absolute atomic E-state index is 5.61. The first-order valence-electron chi connectivity index (χ1n) is 3.59. The Bertz CT molecular complexity index is 431. The van der Waals surface area contributed by atoms with Crippen LogP contribution in [0.3, 0.4) is 0 Å². The van der Waals surface area contributed by atoms with Crippen LogP contribution in [-0.4, -0.2) is 19.5 Å². The van der Waals surface area contributed by atoms with Crippen molar-refractivity contribution in [2.45, 2.75) is 6.92 Å². The molecule has 5 nitrogen and oxygen atoms in total. The minimum absolute atomic E-state index is 0.434. The topological polar surface area (TPSA) is 69.6 Å². The van der Waals surface area contributed by atoms with E-state index in [-0.39, 0.29) is 0 Å². The summed E-state index contributed by atoms with van der Waals surface area (Å²) in [6, 6.07) is 0. The molecule has 0 bridgehead atoms. The first-order valence-corrected chi connectivity index (χ1v) is 3.59. The van der Waals surface area contributed by atoms with Gasteiger partial charge in [-0.15, -0.1) is 0 Å². The minimum Gasteiger partial charge on any atom is -0.382 e. The number of aromatic nitrogens is 4. The summed E-state index contributed by atoms with van der Waals surface area (Å²) in [6.45, 7) is 1.90. The zero-order valence-corrected chi connectivity index (χ0v) is 6.94. The van der Waals surface area contributed by atoms with Gasteiger partial charge in [0, 0.05) is 7.05 Å². The highest BCUT2D eigenvalue weighted by atomic mass is 15.1. The monoisotopic (exact) mass is 163 g/mol. The molecule has 62 valence electrons. The first kappa shape index (κ1) is 7.02. The van der Waals surface area contributed by atoms with Gasteiger partial charge in [-0.2, -0.15) is 0 Å². The van der Waals surface area contributed by atoms with E-state index in [1.165, 1.54) is 6.33 Å². The molecule has 0 aliphatic rings. The summed E-state index contributed by atoms with van der Waals surface area (Å²) < 4.78 is 1.88. The SMILES string of the molecule is Cc1nc2c(N)ncnc2n1C. The van der Waals surface area contributed by atoms with Crippen molar-refractivity contribution in [1.29, 1.82) is 0 Å². The van der Waals surface area contributed by atoms with Crippen LogP contribution in [0.5, 0.6) is 0 Å². The van der Waals surface area contributed by atoms with Crippen LogP contribution >= 0.6 is 0 Å². The maximum atomic E-state index is 5.61. The van der Waals surface area contributed by atoms with E-state index >= 15 is 0 Å². The van der Waals surface area contributed by atoms with E-state index in [1.54, 1.807) is 0 Å². The summed E-state index contributed by atoms with van der Waals surface area (Å²) in [6.07, 6.45) is 1.44. The van der Waals surface area contributed by atoms with E-state index in [0.29, 0.717) is 11.3 Å². The van der Waals surface area contributed by atoms with Crippen LogP contribution in [0.25, 0.3) is 11.2 Å². The molecule has 2 aromatic heterocycles. The molecule has 0 unspecified atom stereocenters. The lowest BCUT2D eigenvalue weighted by Crippen LogP contribution is -1.95. The first-order chi connectivity index (χ1) is 5.70. The number of fused-ring (bicyclic) bond motifs is 1. The summed E-state index contributed by atoms with van der Waals surface area (Å²) in [5.74, 6) is 1.32. The van der Waals surface area contributed by atoms with Crippen LogP contribution in [0.15, 0.2) is 6.33 Å². The molecule has 0 saturated carbocycles. The number of nitrogens with two attached hydrogens (primary N) is 1. The van der Waals surface area contributed by atoms with Gasteiger partial charge in [0.2, 0.25) is 0 Å². The van der Waals surface area contributed by atoms with Gasteiger partial charge < -0.3 is 10.3 Å². The lowest BCUT2D eigenvalue weighted by Gasteiger charge is -1.94. The second-order valence-electron chi connectivity index (χ2n) is 2.65. The lowest BCUT2D eigenvalue weighted by molar-refractivity contribution is 0.873. The zero-order valence-electron chi connectivity index (χ0n) is 6.94. The van der Waals surface area contributed by atoms with Crippen LogP contribution < -0.4 is 5.73 Å². The minimum atomic E-state index is 0.434. The van der Waals surface area contributed by atoms with Crippen molar-refractivity contribution in [2.75, 3.05) is 5.73 Å². The molecule has 0 aliphatic heterocycles. The Hall–Kier alpha value is -1.65. The highest BCUT2D eigenvalue weighted by Gasteiger charge is 2.07. The fraction of sp³-hybridized carbons (Fsp3) is 0.286. The van der Waals surface area contributed by atoms with E-state index in [2.05, 4.69) is 15.0 Å². The van der Waals surface area contributed by atoms with Crippen molar-refractivity contribution >= 4 is 17.0 Å². The molecule has 0 amide bonds. The van der Waals surface area contributed by atoms with Gasteiger partial charge in [0.25, 0.3) is 0 Å². The number of hydrogen-bond donors (Lipinski definition) is 1. The van der Waals surface area contributed by atoms with Crippen molar-refractivity contribution < 1.29 is 0 Å². The van der Waals surface area contributed by atoms with E-state index in [0.717, 1.165) is 11.5 Å². The predicted octanol–water partition coefficient (Wildman–Crippen LogP) is 0.254. The summed E-state index contributed by atoms with van der Waals surface area (Å²) in [7, 11) is 1.90. The Morgan fingerprint density at radius 1 is 1.42 bits per heavy atom. The number of hydrogen-bond acceptors (Lipinski definition) is 4. The Labute approximate surface area is 69.3 Å². The molecular formula is C7H9N5. The maximum Gasteiger partial charge on any atom is 0.165 e. The van der Waals surface area contributed by atoms with E-state index in [4.69, 9.17) is 5.73 Å². The molecule has 5 heteroatoms. The largest absolute Gasteiger partial charge is 0.382 e. The third kappa shape index (κ3) is 0.761. The van der Waals surface area contributed by atoms with Crippen molar-refractivity contribution in [2.24, 2.45) is 7.05 Å². The molecule has 2 heterocycles. The third-order valence-electron chi connectivity index (χ3n) is 1.91. The molecule has 0 aromatic carbocycles. The summed E-state index contributed by atoms with van der Waals surface area (Å²) in [5.41, 5.74) is 7.07. The molecule has 0 fully saturated rings. The second kappa shape index (κ2) is 2.17. The normalized spacial score (nSPS) is 10.8. The van der Waals surface area contributed by atoms with Crippen LogP contribution in [0.2, 0.25) is 0 Å². The average molecular weight is 163 g/mol. The number of anilines is 1. The Morgan fingerprint density at radius 2 is 2.17 bits per heavy atom. The van der Waals surface area contributed by atoms with Gasteiger partial charge in [-0.05, 0) is 6.92 Å². The van der Waals surface area contributed by atoms with Gasteiger partial charge in [0.15, 0.2) is 17.0 Å². The van der Waals surface area contributed by atoms with E-state index in [9.17, 15) is 0 Å². The van der Waals surface area contributed by atoms with Gasteiger partial charge in [0.1, 0.15) is 12.2 Å². The average Bonchev–Trinajstić information content (AvgIpc) is 2.32. The molecule has 0 atom stereocenters. The van der Waals surface area contributed by atoms with Gasteiger partial charge in [0.05, 0.1) is 0 Å². The van der Waals surface area contributed by atoms with Crippen LogP contribution in [-0.2, 0) is 7.05 Å². The summed E-state index contributed by atoms with van der Waals surface area (Å²) in [4.78, 5) is 12.1. The summed E-state index contributed by atoms with van der Waals surface area (Å²) >= 11 is 0. The van der Waals surface area contributed by atoms with Crippen LogP contribution in [0.4, 0.5) is 5.82 Å². The van der Waals surface area contributed by atoms with Gasteiger partial charge in [-0.25, -0.2) is 15.0 Å². The smallest absolute Gasteiger partial charge is 0.165 e. The highest BCUT2D eigenvalue weighted by Crippen LogP contribution is 2.14. The van der Waals surface area contributed by atoms with E-state index in [1.807, 2.05) is 18.5 Å². The number of rotatable bonds is 0. The number of nitrogens with zero attached hydrogens (tertiary/aromatic N) is 4. The number of nitrogen functional groups attached to an aromatic ring is 1. The summed E-state index contributed by atoms with van der Waals surface area (Å²) in [5, 5.41) is 0. The van der Waals surface area contributed by atoms with Crippen molar-refractivity contribution in [3.63, 3.8) is 0 Å². The molecular weight excluding hydrogens is 154 g/mol. The highest BCUT2D eigenvalue weighted by molar-refractivity contribution is 5.81. The lowest BCUT2D eigenvalue weighted by atomic mass is 10.5. The Balaban J connectivity index is 2.95. The fourth-order valence-electron chi connectivity index (χ4n) is 1.13. The molecule has 0 radical (unpaired) electrons. The third-order valence-corrected chi connectivity index (χ3v) is 1.91. The molecule has 0 spiro atoms. The zero-order chi connectivity index (χ0) is 8.72. The van der Waals surface area contributed by atoms with Crippen LogP contribution in [0.1, 0.15) is 5.82 Å². The van der Waals surface area contributed by atoms with Crippen LogP contribution in [0, 0.1) is 6.92 Å². The Morgan fingerprint density at radius 3 is 2.83 bits per heavy atom. The van der Waals surface area contributed by atoms with E-state index < -0.39 is 0 Å². The van der Waals surface area contributed by atoms with Gasteiger partial charge in [-0.1, -0.05) is 0 Å². The molecule has 0 aliphatic carbocycles.